The van der Waals surface area contributed by atoms with Crippen LogP contribution in [0.25, 0.3) is 0 Å². The van der Waals surface area contributed by atoms with E-state index < -0.39 is 0 Å². The predicted molar refractivity (Wildman–Crippen MR) is 64.2 cm³/mol. The monoisotopic (exact) mass is 221 g/mol. The lowest BCUT2D eigenvalue weighted by Gasteiger charge is -2.16. The normalized spacial score (nSPS) is 12.2. The molecule has 0 radical (unpaired) electrons. The molecule has 1 rings (SSSR count). The van der Waals surface area contributed by atoms with Gasteiger partial charge in [0.25, 0.3) is 0 Å². The highest BCUT2D eigenvalue weighted by atomic mass is 16.5. The summed E-state index contributed by atoms with van der Waals surface area (Å²) < 4.78 is 5.05. The molecule has 0 aliphatic rings. The van der Waals surface area contributed by atoms with Crippen LogP contribution >= 0.6 is 0 Å². The summed E-state index contributed by atoms with van der Waals surface area (Å²) in [5.74, 6) is -0.213. The van der Waals surface area contributed by atoms with Crippen molar-refractivity contribution in [2.75, 3.05) is 13.2 Å². The minimum absolute atomic E-state index is 0.213. The van der Waals surface area contributed by atoms with Crippen molar-refractivity contribution in [2.24, 2.45) is 0 Å². The van der Waals surface area contributed by atoms with Crippen LogP contribution in [0.4, 0.5) is 0 Å². The van der Waals surface area contributed by atoms with E-state index >= 15 is 0 Å². The van der Waals surface area contributed by atoms with Crippen LogP contribution in [0.1, 0.15) is 31.0 Å². The van der Waals surface area contributed by atoms with Crippen LogP contribution in [0.2, 0.25) is 0 Å². The minimum atomic E-state index is -0.357. The number of benzene rings is 1. The molecule has 1 N–H and O–H groups in total. The molecule has 0 aliphatic heterocycles. The summed E-state index contributed by atoms with van der Waals surface area (Å²) in [5.41, 5.74) is 2.10. The number of ether oxygens (including phenoxy) is 1. The molecule has 3 nitrogen and oxygen atoms in total. The van der Waals surface area contributed by atoms with Gasteiger partial charge in [0.2, 0.25) is 0 Å². The fourth-order valence-electron chi connectivity index (χ4n) is 1.62. The van der Waals surface area contributed by atoms with Crippen LogP contribution < -0.4 is 5.32 Å². The van der Waals surface area contributed by atoms with E-state index in [9.17, 15) is 4.79 Å². The molecule has 0 heterocycles. The Morgan fingerprint density at radius 2 is 2.19 bits per heavy atom. The summed E-state index contributed by atoms with van der Waals surface area (Å²) in [6, 6.07) is 7.55. The molecule has 3 heteroatoms. The topological polar surface area (TPSA) is 38.3 Å². The Morgan fingerprint density at radius 1 is 1.44 bits per heavy atom. The van der Waals surface area contributed by atoms with Crippen LogP contribution in [0.15, 0.2) is 24.3 Å². The summed E-state index contributed by atoms with van der Waals surface area (Å²) in [6.45, 7) is 6.95. The predicted octanol–water partition coefficient (Wildman–Crippen LogP) is 2.21. The number of nitrogens with one attached hydrogen (secondary N) is 1. The number of rotatable bonds is 5. The molecular weight excluding hydrogens is 202 g/mol. The van der Waals surface area contributed by atoms with Gasteiger partial charge >= 0.3 is 5.97 Å². The number of esters is 1. The Balaban J connectivity index is 2.88. The fraction of sp³-hybridized carbons (Fsp3) is 0.462. The molecule has 0 fully saturated rings. The number of aryl methyl sites for hydroxylation is 1. The third kappa shape index (κ3) is 3.35. The molecule has 0 aromatic heterocycles. The van der Waals surface area contributed by atoms with E-state index in [2.05, 4.69) is 5.32 Å². The van der Waals surface area contributed by atoms with Crippen molar-refractivity contribution in [1.29, 1.82) is 0 Å². The van der Waals surface area contributed by atoms with Crippen molar-refractivity contribution in [2.45, 2.75) is 26.8 Å². The van der Waals surface area contributed by atoms with Gasteiger partial charge in [0.05, 0.1) is 6.61 Å². The maximum atomic E-state index is 11.8. The van der Waals surface area contributed by atoms with Gasteiger partial charge < -0.3 is 10.1 Å². The Morgan fingerprint density at radius 3 is 2.75 bits per heavy atom. The van der Waals surface area contributed by atoms with Crippen molar-refractivity contribution >= 4 is 5.97 Å². The van der Waals surface area contributed by atoms with Crippen LogP contribution in [0.5, 0.6) is 0 Å². The standard InChI is InChI=1S/C13H19NO2/c1-4-14-12(13(15)16-5-2)11-8-6-7-10(3)9-11/h6-9,12,14H,4-5H2,1-3H3. The molecule has 0 saturated heterocycles. The average molecular weight is 221 g/mol. The molecular formula is C13H19NO2. The van der Waals surface area contributed by atoms with Gasteiger partial charge in [0.15, 0.2) is 0 Å². The number of likely N-dealkylation sites (N-methyl/N-ethyl adjacent to an activating group) is 1. The quantitative estimate of drug-likeness (QED) is 0.775. The lowest BCUT2D eigenvalue weighted by atomic mass is 10.0. The zero-order valence-electron chi connectivity index (χ0n) is 10.1. The van der Waals surface area contributed by atoms with E-state index in [4.69, 9.17) is 4.74 Å². The molecule has 1 unspecified atom stereocenters. The highest BCUT2D eigenvalue weighted by Gasteiger charge is 2.20. The molecule has 1 aromatic carbocycles. The van der Waals surface area contributed by atoms with Gasteiger partial charge in [-0.15, -0.1) is 0 Å². The van der Waals surface area contributed by atoms with Gasteiger partial charge in [-0.05, 0) is 26.0 Å². The average Bonchev–Trinajstić information content (AvgIpc) is 2.26. The van der Waals surface area contributed by atoms with Crippen LogP contribution in [-0.4, -0.2) is 19.1 Å². The van der Waals surface area contributed by atoms with E-state index in [1.54, 1.807) is 0 Å². The first-order chi connectivity index (χ1) is 7.69. The van der Waals surface area contributed by atoms with Gasteiger partial charge in [-0.1, -0.05) is 36.8 Å². The van der Waals surface area contributed by atoms with Crippen molar-refractivity contribution in [3.05, 3.63) is 35.4 Å². The number of hydrogen-bond acceptors (Lipinski definition) is 3. The SMILES string of the molecule is CCNC(C(=O)OCC)c1cccc(C)c1. The first kappa shape index (κ1) is 12.7. The number of carbonyl (C=O) groups excluding carboxylic acids is 1. The Kier molecular flexibility index (Phi) is 4.99. The maximum absolute atomic E-state index is 11.8. The van der Waals surface area contributed by atoms with Crippen molar-refractivity contribution in [1.82, 2.24) is 5.32 Å². The molecule has 0 spiro atoms. The zero-order chi connectivity index (χ0) is 12.0. The van der Waals surface area contributed by atoms with E-state index in [0.717, 1.165) is 17.7 Å². The molecule has 1 aromatic rings. The van der Waals surface area contributed by atoms with Gasteiger partial charge in [-0.3, -0.25) is 0 Å². The molecule has 0 amide bonds. The Bertz CT molecular complexity index is 350. The third-order valence-electron chi connectivity index (χ3n) is 2.31. The third-order valence-corrected chi connectivity index (χ3v) is 2.31. The van der Waals surface area contributed by atoms with Crippen molar-refractivity contribution in [3.63, 3.8) is 0 Å². The highest BCUT2D eigenvalue weighted by molar-refractivity contribution is 5.77. The second-order valence-corrected chi connectivity index (χ2v) is 3.66. The van der Waals surface area contributed by atoms with Gasteiger partial charge in [0.1, 0.15) is 6.04 Å². The van der Waals surface area contributed by atoms with Crippen LogP contribution in [0.3, 0.4) is 0 Å². The largest absolute Gasteiger partial charge is 0.465 e. The number of hydrogen-bond donors (Lipinski definition) is 1. The smallest absolute Gasteiger partial charge is 0.327 e. The van der Waals surface area contributed by atoms with Crippen LogP contribution in [0, 0.1) is 6.92 Å². The molecule has 0 bridgehead atoms. The summed E-state index contributed by atoms with van der Waals surface area (Å²) in [4.78, 5) is 11.8. The fourth-order valence-corrected chi connectivity index (χ4v) is 1.62. The lowest BCUT2D eigenvalue weighted by Crippen LogP contribution is -2.30. The Hall–Kier alpha value is -1.35. The van der Waals surface area contributed by atoms with Crippen molar-refractivity contribution in [3.8, 4) is 0 Å². The lowest BCUT2D eigenvalue weighted by molar-refractivity contribution is -0.145. The highest BCUT2D eigenvalue weighted by Crippen LogP contribution is 2.16. The first-order valence-electron chi connectivity index (χ1n) is 5.65. The van der Waals surface area contributed by atoms with Gasteiger partial charge in [0, 0.05) is 0 Å². The maximum Gasteiger partial charge on any atom is 0.327 e. The number of carbonyl (C=O) groups is 1. The molecule has 0 aliphatic carbocycles. The first-order valence-corrected chi connectivity index (χ1v) is 5.65. The molecule has 88 valence electrons. The van der Waals surface area contributed by atoms with E-state index in [-0.39, 0.29) is 12.0 Å². The summed E-state index contributed by atoms with van der Waals surface area (Å²) in [7, 11) is 0. The summed E-state index contributed by atoms with van der Waals surface area (Å²) in [5, 5.41) is 3.14. The Labute approximate surface area is 96.8 Å². The van der Waals surface area contributed by atoms with Crippen molar-refractivity contribution < 1.29 is 9.53 Å². The van der Waals surface area contributed by atoms with Crippen LogP contribution in [-0.2, 0) is 9.53 Å². The molecule has 0 saturated carbocycles. The summed E-state index contributed by atoms with van der Waals surface area (Å²) in [6.07, 6.45) is 0. The van der Waals surface area contributed by atoms with E-state index in [1.807, 2.05) is 45.0 Å². The molecule has 1 atom stereocenters. The summed E-state index contributed by atoms with van der Waals surface area (Å²) >= 11 is 0. The molecule has 16 heavy (non-hydrogen) atoms. The minimum Gasteiger partial charge on any atom is -0.465 e. The van der Waals surface area contributed by atoms with E-state index in [1.165, 1.54) is 0 Å². The van der Waals surface area contributed by atoms with E-state index in [0.29, 0.717) is 6.61 Å². The zero-order valence-corrected chi connectivity index (χ0v) is 10.1. The second-order valence-electron chi connectivity index (χ2n) is 3.66. The van der Waals surface area contributed by atoms with Gasteiger partial charge in [-0.25, -0.2) is 4.79 Å². The second kappa shape index (κ2) is 6.28. The van der Waals surface area contributed by atoms with Gasteiger partial charge in [-0.2, -0.15) is 0 Å².